The molecule has 0 saturated carbocycles. The lowest BCUT2D eigenvalue weighted by atomic mass is 10.0. The van der Waals surface area contributed by atoms with Crippen LogP contribution in [-0.2, 0) is 11.3 Å². The quantitative estimate of drug-likeness (QED) is 0.654. The third-order valence-corrected chi connectivity index (χ3v) is 5.17. The molecule has 0 bridgehead atoms. The predicted molar refractivity (Wildman–Crippen MR) is 118 cm³/mol. The largest absolute Gasteiger partial charge is 0.368 e. The zero-order chi connectivity index (χ0) is 21.8. The summed E-state index contributed by atoms with van der Waals surface area (Å²) in [6, 6.07) is 15.8. The number of carbonyl (C=O) groups is 2. The first-order valence-electron chi connectivity index (χ1n) is 10.0. The maximum absolute atomic E-state index is 13.4. The van der Waals surface area contributed by atoms with Gasteiger partial charge in [0, 0.05) is 17.8 Å². The number of primary amides is 1. The van der Waals surface area contributed by atoms with E-state index in [1.807, 2.05) is 76.2 Å². The number of hydrogen-bond donors (Lipinski definition) is 1. The Morgan fingerprint density at radius 2 is 1.77 bits per heavy atom. The fourth-order valence-electron chi connectivity index (χ4n) is 3.34. The number of aryl methyl sites for hydroxylation is 2. The predicted octanol–water partition coefficient (Wildman–Crippen LogP) is 3.55. The number of amides is 2. The van der Waals surface area contributed by atoms with Crippen LogP contribution in [0.15, 0.2) is 54.7 Å². The van der Waals surface area contributed by atoms with Crippen LogP contribution in [0.25, 0.3) is 11.3 Å². The van der Waals surface area contributed by atoms with E-state index in [9.17, 15) is 9.59 Å². The van der Waals surface area contributed by atoms with Gasteiger partial charge in [0.15, 0.2) is 0 Å². The standard InChI is InChI=1S/C24H28N4O2/c1-16(2)28(15-22(25)29)24(30)21-14-27(13-19-8-6-5-7-9-19)26-23(21)20-11-10-17(3)18(4)12-20/h5-12,14,16H,13,15H2,1-4H3,(H2,25,29). The Balaban J connectivity index is 2.07. The summed E-state index contributed by atoms with van der Waals surface area (Å²) < 4.78 is 1.77. The zero-order valence-electron chi connectivity index (χ0n) is 17.9. The highest BCUT2D eigenvalue weighted by Crippen LogP contribution is 2.26. The van der Waals surface area contributed by atoms with Gasteiger partial charge in [-0.1, -0.05) is 42.5 Å². The van der Waals surface area contributed by atoms with Gasteiger partial charge in [-0.2, -0.15) is 5.10 Å². The van der Waals surface area contributed by atoms with E-state index in [2.05, 4.69) is 0 Å². The first-order valence-corrected chi connectivity index (χ1v) is 10.0. The van der Waals surface area contributed by atoms with E-state index >= 15 is 0 Å². The monoisotopic (exact) mass is 404 g/mol. The van der Waals surface area contributed by atoms with Crippen molar-refractivity contribution in [1.29, 1.82) is 0 Å². The summed E-state index contributed by atoms with van der Waals surface area (Å²) in [7, 11) is 0. The first-order chi connectivity index (χ1) is 14.3. The number of aromatic nitrogens is 2. The highest BCUT2D eigenvalue weighted by Gasteiger charge is 2.26. The van der Waals surface area contributed by atoms with Gasteiger partial charge < -0.3 is 10.6 Å². The lowest BCUT2D eigenvalue weighted by molar-refractivity contribution is -0.119. The van der Waals surface area contributed by atoms with Crippen LogP contribution in [0.5, 0.6) is 0 Å². The topological polar surface area (TPSA) is 81.2 Å². The summed E-state index contributed by atoms with van der Waals surface area (Å²) >= 11 is 0. The molecule has 2 aromatic carbocycles. The molecule has 0 saturated heterocycles. The highest BCUT2D eigenvalue weighted by atomic mass is 16.2. The molecule has 156 valence electrons. The SMILES string of the molecule is Cc1ccc(-c2nn(Cc3ccccc3)cc2C(=O)N(CC(N)=O)C(C)C)cc1C. The van der Waals surface area contributed by atoms with E-state index in [1.54, 1.807) is 10.9 Å². The number of hydrogen-bond acceptors (Lipinski definition) is 3. The minimum atomic E-state index is -0.540. The van der Waals surface area contributed by atoms with Crippen molar-refractivity contribution in [3.05, 3.63) is 77.0 Å². The third-order valence-electron chi connectivity index (χ3n) is 5.17. The Hall–Kier alpha value is -3.41. The van der Waals surface area contributed by atoms with E-state index in [0.29, 0.717) is 17.8 Å². The Morgan fingerprint density at radius 1 is 1.07 bits per heavy atom. The second-order valence-electron chi connectivity index (χ2n) is 7.87. The second-order valence-corrected chi connectivity index (χ2v) is 7.87. The van der Waals surface area contributed by atoms with Crippen molar-refractivity contribution in [2.45, 2.75) is 40.3 Å². The van der Waals surface area contributed by atoms with Crippen LogP contribution in [-0.4, -0.2) is 39.1 Å². The summed E-state index contributed by atoms with van der Waals surface area (Å²) in [5.41, 5.74) is 10.7. The number of nitrogens with zero attached hydrogens (tertiary/aromatic N) is 3. The maximum Gasteiger partial charge on any atom is 0.258 e. The van der Waals surface area contributed by atoms with Gasteiger partial charge in [0.25, 0.3) is 5.91 Å². The van der Waals surface area contributed by atoms with E-state index in [-0.39, 0.29) is 18.5 Å². The van der Waals surface area contributed by atoms with Crippen LogP contribution in [0.4, 0.5) is 0 Å². The van der Waals surface area contributed by atoms with Crippen LogP contribution < -0.4 is 5.73 Å². The molecule has 1 aromatic heterocycles. The van der Waals surface area contributed by atoms with Crippen molar-refractivity contribution in [2.75, 3.05) is 6.54 Å². The number of carbonyl (C=O) groups excluding carboxylic acids is 2. The van der Waals surface area contributed by atoms with Gasteiger partial charge in [0.05, 0.1) is 18.7 Å². The summed E-state index contributed by atoms with van der Waals surface area (Å²) in [5.74, 6) is -0.794. The fourth-order valence-corrected chi connectivity index (χ4v) is 3.34. The van der Waals surface area contributed by atoms with Crippen molar-refractivity contribution in [3.8, 4) is 11.3 Å². The van der Waals surface area contributed by atoms with E-state index < -0.39 is 5.91 Å². The number of nitrogens with two attached hydrogens (primary N) is 1. The first kappa shape index (κ1) is 21.3. The molecule has 30 heavy (non-hydrogen) atoms. The fraction of sp³-hybridized carbons (Fsp3) is 0.292. The van der Waals surface area contributed by atoms with E-state index in [0.717, 1.165) is 16.7 Å². The molecule has 2 amide bonds. The molecule has 0 unspecified atom stereocenters. The van der Waals surface area contributed by atoms with Crippen LogP contribution in [0, 0.1) is 13.8 Å². The van der Waals surface area contributed by atoms with Gasteiger partial charge in [0.2, 0.25) is 5.91 Å². The van der Waals surface area contributed by atoms with Crippen LogP contribution in [0.3, 0.4) is 0 Å². The summed E-state index contributed by atoms with van der Waals surface area (Å²) in [6.45, 7) is 8.23. The van der Waals surface area contributed by atoms with Crippen molar-refractivity contribution in [3.63, 3.8) is 0 Å². The Labute approximate surface area is 177 Å². The molecule has 3 aromatic rings. The molecule has 0 aliphatic heterocycles. The minimum absolute atomic E-state index is 0.132. The normalized spacial score (nSPS) is 11.0. The minimum Gasteiger partial charge on any atom is -0.368 e. The molecule has 0 radical (unpaired) electrons. The van der Waals surface area contributed by atoms with Crippen molar-refractivity contribution < 1.29 is 9.59 Å². The zero-order valence-corrected chi connectivity index (χ0v) is 17.9. The summed E-state index contributed by atoms with van der Waals surface area (Å²) in [4.78, 5) is 26.4. The molecule has 0 fully saturated rings. The number of rotatable bonds is 7. The molecular weight excluding hydrogens is 376 g/mol. The van der Waals surface area contributed by atoms with Crippen molar-refractivity contribution in [1.82, 2.24) is 14.7 Å². The van der Waals surface area contributed by atoms with E-state index in [4.69, 9.17) is 10.8 Å². The molecule has 0 atom stereocenters. The molecule has 6 heteroatoms. The lowest BCUT2D eigenvalue weighted by Gasteiger charge is -2.25. The van der Waals surface area contributed by atoms with Gasteiger partial charge in [-0.05, 0) is 50.5 Å². The van der Waals surface area contributed by atoms with Crippen LogP contribution >= 0.6 is 0 Å². The maximum atomic E-state index is 13.4. The van der Waals surface area contributed by atoms with Crippen LogP contribution in [0.2, 0.25) is 0 Å². The number of benzene rings is 2. The Morgan fingerprint density at radius 3 is 2.37 bits per heavy atom. The summed E-state index contributed by atoms with van der Waals surface area (Å²) in [6.07, 6.45) is 1.76. The molecular formula is C24H28N4O2. The average molecular weight is 405 g/mol. The average Bonchev–Trinajstić information content (AvgIpc) is 3.12. The van der Waals surface area contributed by atoms with Gasteiger partial charge in [-0.15, -0.1) is 0 Å². The second kappa shape index (κ2) is 8.95. The summed E-state index contributed by atoms with van der Waals surface area (Å²) in [5, 5.41) is 4.74. The van der Waals surface area contributed by atoms with Crippen molar-refractivity contribution in [2.24, 2.45) is 5.73 Å². The third kappa shape index (κ3) is 4.76. The lowest BCUT2D eigenvalue weighted by Crippen LogP contribution is -2.42. The smallest absolute Gasteiger partial charge is 0.258 e. The van der Waals surface area contributed by atoms with Gasteiger partial charge in [0.1, 0.15) is 5.69 Å². The van der Waals surface area contributed by atoms with Gasteiger partial charge in [-0.3, -0.25) is 14.3 Å². The Bertz CT molecular complexity index is 1050. The molecule has 0 aliphatic carbocycles. The molecule has 2 N–H and O–H groups in total. The molecule has 6 nitrogen and oxygen atoms in total. The Kier molecular flexibility index (Phi) is 6.35. The van der Waals surface area contributed by atoms with Crippen LogP contribution in [0.1, 0.15) is 40.9 Å². The van der Waals surface area contributed by atoms with Gasteiger partial charge >= 0.3 is 0 Å². The molecule has 0 aliphatic rings. The van der Waals surface area contributed by atoms with Gasteiger partial charge in [-0.25, -0.2) is 0 Å². The highest BCUT2D eigenvalue weighted by molar-refractivity contribution is 6.01. The van der Waals surface area contributed by atoms with Crippen molar-refractivity contribution >= 4 is 11.8 Å². The molecule has 0 spiro atoms. The molecule has 3 rings (SSSR count). The molecule has 1 heterocycles. The van der Waals surface area contributed by atoms with E-state index in [1.165, 1.54) is 10.5 Å².